The van der Waals surface area contributed by atoms with E-state index in [-0.39, 0.29) is 0 Å². The van der Waals surface area contributed by atoms with E-state index in [0.29, 0.717) is 6.04 Å². The van der Waals surface area contributed by atoms with Gasteiger partial charge in [-0.1, -0.05) is 44.2 Å². The molecule has 0 saturated heterocycles. The first-order chi connectivity index (χ1) is 9.48. The molecule has 0 fully saturated rings. The van der Waals surface area contributed by atoms with Crippen LogP contribution >= 0.6 is 0 Å². The fraction of sp³-hybridized carbons (Fsp3) is 0.647. The van der Waals surface area contributed by atoms with Crippen LogP contribution in [0.4, 0.5) is 0 Å². The van der Waals surface area contributed by atoms with E-state index in [1.54, 1.807) is 0 Å². The maximum absolute atomic E-state index is 9.75. The Hall–Kier alpha value is -0.900. The van der Waals surface area contributed by atoms with Crippen LogP contribution in [0.2, 0.25) is 0 Å². The summed E-state index contributed by atoms with van der Waals surface area (Å²) in [6, 6.07) is 11.0. The van der Waals surface area contributed by atoms with Crippen molar-refractivity contribution in [2.45, 2.75) is 45.8 Å². The molecule has 0 aliphatic rings. The lowest BCUT2D eigenvalue weighted by atomic mass is 10.0. The Bertz CT molecular complexity index is 355. The van der Waals surface area contributed by atoms with Crippen molar-refractivity contribution in [2.24, 2.45) is 0 Å². The third kappa shape index (κ3) is 6.04. The van der Waals surface area contributed by atoms with Crippen LogP contribution in [0, 0.1) is 0 Å². The summed E-state index contributed by atoms with van der Waals surface area (Å²) in [6.07, 6.45) is 0.771. The first-order valence-electron chi connectivity index (χ1n) is 7.70. The van der Waals surface area contributed by atoms with Crippen LogP contribution in [0.25, 0.3) is 0 Å². The smallest absolute Gasteiger partial charge is 0.0603 e. The van der Waals surface area contributed by atoms with Crippen LogP contribution in [-0.4, -0.2) is 41.8 Å². The zero-order chi connectivity index (χ0) is 15.0. The Morgan fingerprint density at radius 3 is 2.25 bits per heavy atom. The van der Waals surface area contributed by atoms with E-state index in [0.717, 1.165) is 32.6 Å². The Morgan fingerprint density at radius 1 is 1.15 bits per heavy atom. The highest BCUT2D eigenvalue weighted by Crippen LogP contribution is 2.19. The fourth-order valence-corrected chi connectivity index (χ4v) is 2.43. The number of hydrogen-bond donors (Lipinski definition) is 2. The molecule has 0 aliphatic heterocycles. The van der Waals surface area contributed by atoms with E-state index < -0.39 is 5.60 Å². The van der Waals surface area contributed by atoms with Gasteiger partial charge in [0.05, 0.1) is 5.60 Å². The third-order valence-corrected chi connectivity index (χ3v) is 3.69. The van der Waals surface area contributed by atoms with Gasteiger partial charge in [0.2, 0.25) is 0 Å². The quantitative estimate of drug-likeness (QED) is 0.682. The van der Waals surface area contributed by atoms with Gasteiger partial charge in [0, 0.05) is 12.6 Å². The maximum atomic E-state index is 9.75. The lowest BCUT2D eigenvalue weighted by Crippen LogP contribution is -2.37. The van der Waals surface area contributed by atoms with Crippen molar-refractivity contribution < 1.29 is 5.11 Å². The molecule has 0 heterocycles. The van der Waals surface area contributed by atoms with Gasteiger partial charge in [-0.25, -0.2) is 0 Å². The standard InChI is InChI=1S/C17H30N2O/c1-5-19(6-2)16(15-10-8-7-9-11-15)14-18-13-12-17(3,4)20/h7-11,16,18,20H,5-6,12-14H2,1-4H3. The van der Waals surface area contributed by atoms with E-state index in [9.17, 15) is 5.11 Å². The van der Waals surface area contributed by atoms with Crippen LogP contribution in [0.15, 0.2) is 30.3 Å². The highest BCUT2D eigenvalue weighted by molar-refractivity contribution is 5.19. The first-order valence-corrected chi connectivity index (χ1v) is 7.70. The molecule has 114 valence electrons. The summed E-state index contributed by atoms with van der Waals surface area (Å²) in [4.78, 5) is 2.46. The highest BCUT2D eigenvalue weighted by Gasteiger charge is 2.18. The van der Waals surface area contributed by atoms with Gasteiger partial charge in [-0.3, -0.25) is 4.90 Å². The molecule has 0 amide bonds. The van der Waals surface area contributed by atoms with Crippen LogP contribution in [0.3, 0.4) is 0 Å². The van der Waals surface area contributed by atoms with Gasteiger partial charge in [-0.15, -0.1) is 0 Å². The number of nitrogens with one attached hydrogen (secondary N) is 1. The second kappa shape index (κ2) is 8.40. The van der Waals surface area contributed by atoms with Gasteiger partial charge in [0.15, 0.2) is 0 Å². The molecule has 2 N–H and O–H groups in total. The molecule has 0 aromatic heterocycles. The molecular formula is C17H30N2O. The molecule has 1 atom stereocenters. The van der Waals surface area contributed by atoms with E-state index in [4.69, 9.17) is 0 Å². The van der Waals surface area contributed by atoms with Gasteiger partial charge < -0.3 is 10.4 Å². The summed E-state index contributed by atoms with van der Waals surface area (Å²) in [5.41, 5.74) is 0.761. The average molecular weight is 278 g/mol. The lowest BCUT2D eigenvalue weighted by Gasteiger charge is -2.30. The Morgan fingerprint density at radius 2 is 1.75 bits per heavy atom. The minimum absolute atomic E-state index is 0.396. The molecule has 1 aromatic carbocycles. The minimum Gasteiger partial charge on any atom is -0.390 e. The summed E-state index contributed by atoms with van der Waals surface area (Å²) in [5.74, 6) is 0. The normalized spacial score (nSPS) is 13.7. The highest BCUT2D eigenvalue weighted by atomic mass is 16.3. The second-order valence-corrected chi connectivity index (χ2v) is 5.91. The number of nitrogens with zero attached hydrogens (tertiary/aromatic N) is 1. The second-order valence-electron chi connectivity index (χ2n) is 5.91. The van der Waals surface area contributed by atoms with E-state index in [2.05, 4.69) is 54.4 Å². The zero-order valence-corrected chi connectivity index (χ0v) is 13.4. The van der Waals surface area contributed by atoms with Crippen molar-refractivity contribution in [3.8, 4) is 0 Å². The maximum Gasteiger partial charge on any atom is 0.0603 e. The van der Waals surface area contributed by atoms with Crippen LogP contribution in [0.1, 0.15) is 45.7 Å². The van der Waals surface area contributed by atoms with Gasteiger partial charge in [0.1, 0.15) is 0 Å². The predicted octanol–water partition coefficient (Wildman–Crippen LogP) is 2.82. The molecular weight excluding hydrogens is 248 g/mol. The number of likely N-dealkylation sites (N-methyl/N-ethyl adjacent to an activating group) is 1. The van der Waals surface area contributed by atoms with E-state index in [1.807, 2.05) is 13.8 Å². The number of benzene rings is 1. The molecule has 3 nitrogen and oxygen atoms in total. The molecule has 0 radical (unpaired) electrons. The Labute approximate surface area is 124 Å². The molecule has 3 heteroatoms. The van der Waals surface area contributed by atoms with Gasteiger partial charge in [-0.05, 0) is 45.5 Å². The SMILES string of the molecule is CCN(CC)C(CNCCC(C)(C)O)c1ccccc1. The Balaban J connectivity index is 2.60. The molecule has 0 aliphatic carbocycles. The summed E-state index contributed by atoms with van der Waals surface area (Å²) in [7, 11) is 0. The number of rotatable bonds is 9. The van der Waals surface area contributed by atoms with Gasteiger partial charge in [-0.2, -0.15) is 0 Å². The number of hydrogen-bond acceptors (Lipinski definition) is 3. The summed E-state index contributed by atoms with van der Waals surface area (Å²) in [6.45, 7) is 12.0. The van der Waals surface area contributed by atoms with Crippen molar-refractivity contribution in [1.29, 1.82) is 0 Å². The average Bonchev–Trinajstić information content (AvgIpc) is 2.42. The lowest BCUT2D eigenvalue weighted by molar-refractivity contribution is 0.0704. The summed E-state index contributed by atoms with van der Waals surface area (Å²) in [5, 5.41) is 13.2. The van der Waals surface area contributed by atoms with Gasteiger partial charge >= 0.3 is 0 Å². The summed E-state index contributed by atoms with van der Waals surface area (Å²) >= 11 is 0. The van der Waals surface area contributed by atoms with Gasteiger partial charge in [0.25, 0.3) is 0 Å². The van der Waals surface area contributed by atoms with Crippen LogP contribution in [0.5, 0.6) is 0 Å². The monoisotopic (exact) mass is 278 g/mol. The Kier molecular flexibility index (Phi) is 7.20. The largest absolute Gasteiger partial charge is 0.390 e. The van der Waals surface area contributed by atoms with E-state index >= 15 is 0 Å². The zero-order valence-electron chi connectivity index (χ0n) is 13.4. The fourth-order valence-electron chi connectivity index (χ4n) is 2.43. The topological polar surface area (TPSA) is 35.5 Å². The van der Waals surface area contributed by atoms with Crippen molar-refractivity contribution in [2.75, 3.05) is 26.2 Å². The molecule has 0 spiro atoms. The van der Waals surface area contributed by atoms with Crippen molar-refractivity contribution in [3.63, 3.8) is 0 Å². The first kappa shape index (κ1) is 17.2. The molecule has 1 unspecified atom stereocenters. The van der Waals surface area contributed by atoms with Crippen molar-refractivity contribution >= 4 is 0 Å². The van der Waals surface area contributed by atoms with E-state index in [1.165, 1.54) is 5.56 Å². The van der Waals surface area contributed by atoms with Crippen LogP contribution < -0.4 is 5.32 Å². The molecule has 1 aromatic rings. The number of aliphatic hydroxyl groups is 1. The molecule has 1 rings (SSSR count). The molecule has 0 saturated carbocycles. The predicted molar refractivity (Wildman–Crippen MR) is 85.9 cm³/mol. The minimum atomic E-state index is -0.593. The third-order valence-electron chi connectivity index (χ3n) is 3.69. The summed E-state index contributed by atoms with van der Waals surface area (Å²) < 4.78 is 0. The van der Waals surface area contributed by atoms with Crippen LogP contribution in [-0.2, 0) is 0 Å². The van der Waals surface area contributed by atoms with Crippen molar-refractivity contribution in [1.82, 2.24) is 10.2 Å². The molecule has 20 heavy (non-hydrogen) atoms. The van der Waals surface area contributed by atoms with Crippen molar-refractivity contribution in [3.05, 3.63) is 35.9 Å². The molecule has 0 bridgehead atoms.